The number of piperidine rings is 1. The van der Waals surface area contributed by atoms with Crippen LogP contribution in [0.3, 0.4) is 0 Å². The number of hydrogen-bond acceptors (Lipinski definition) is 5. The third kappa shape index (κ3) is 4.52. The van der Waals surface area contributed by atoms with E-state index < -0.39 is 27.4 Å². The lowest BCUT2D eigenvalue weighted by atomic mass is 9.96. The van der Waals surface area contributed by atoms with Crippen molar-refractivity contribution in [3.63, 3.8) is 0 Å². The molecule has 1 aliphatic carbocycles. The van der Waals surface area contributed by atoms with Gasteiger partial charge in [0.25, 0.3) is 0 Å². The maximum Gasteiger partial charge on any atom is 0.226 e. The fourth-order valence-electron chi connectivity index (χ4n) is 3.55. The van der Waals surface area contributed by atoms with Crippen molar-refractivity contribution in [3.05, 3.63) is 47.1 Å². The van der Waals surface area contributed by atoms with Crippen molar-refractivity contribution in [1.82, 2.24) is 14.4 Å². The third-order valence-electron chi connectivity index (χ3n) is 5.04. The summed E-state index contributed by atoms with van der Waals surface area (Å²) < 4.78 is 58.8. The number of aromatic nitrogens is 2. The second-order valence-electron chi connectivity index (χ2n) is 7.42. The minimum Gasteiger partial charge on any atom is -0.339 e. The molecule has 2 aliphatic rings. The zero-order chi connectivity index (χ0) is 19.0. The zero-order valence-electron chi connectivity index (χ0n) is 14.8. The first-order valence-electron chi connectivity index (χ1n) is 9.14. The van der Waals surface area contributed by atoms with Gasteiger partial charge < -0.3 is 4.52 Å². The van der Waals surface area contributed by atoms with Gasteiger partial charge in [0.2, 0.25) is 15.9 Å². The Morgan fingerprint density at radius 2 is 1.89 bits per heavy atom. The van der Waals surface area contributed by atoms with Crippen LogP contribution >= 0.6 is 0 Å². The molecule has 0 bridgehead atoms. The summed E-state index contributed by atoms with van der Waals surface area (Å²) in [6, 6.07) is 2.84. The lowest BCUT2D eigenvalue weighted by molar-refractivity contribution is 0.246. The molecule has 6 nitrogen and oxygen atoms in total. The van der Waals surface area contributed by atoms with Gasteiger partial charge in [0.05, 0.1) is 5.75 Å². The minimum absolute atomic E-state index is 0.0882. The van der Waals surface area contributed by atoms with E-state index in [1.807, 2.05) is 0 Å². The van der Waals surface area contributed by atoms with Crippen LogP contribution < -0.4 is 0 Å². The highest BCUT2D eigenvalue weighted by atomic mass is 32.2. The first-order chi connectivity index (χ1) is 12.9. The van der Waals surface area contributed by atoms with Crippen molar-refractivity contribution in [2.75, 3.05) is 13.1 Å². The number of halogens is 2. The predicted molar refractivity (Wildman–Crippen MR) is 93.3 cm³/mol. The van der Waals surface area contributed by atoms with Gasteiger partial charge in [0, 0.05) is 31.5 Å². The van der Waals surface area contributed by atoms with Gasteiger partial charge in [-0.15, -0.1) is 0 Å². The normalized spacial score (nSPS) is 21.5. The molecule has 27 heavy (non-hydrogen) atoms. The molecule has 0 amide bonds. The van der Waals surface area contributed by atoms with Gasteiger partial charge in [0.1, 0.15) is 11.6 Å². The Balaban J connectivity index is 1.41. The van der Waals surface area contributed by atoms with Gasteiger partial charge in [-0.25, -0.2) is 21.5 Å². The lowest BCUT2D eigenvalue weighted by Crippen LogP contribution is -2.41. The summed E-state index contributed by atoms with van der Waals surface area (Å²) in [5.41, 5.74) is 0.112. The van der Waals surface area contributed by atoms with Crippen LogP contribution in [-0.2, 0) is 22.2 Å². The predicted octanol–water partition coefficient (Wildman–Crippen LogP) is 3.01. The van der Waals surface area contributed by atoms with Crippen LogP contribution in [0.25, 0.3) is 0 Å². The second kappa shape index (κ2) is 7.27. The van der Waals surface area contributed by atoms with E-state index in [9.17, 15) is 17.2 Å². The van der Waals surface area contributed by atoms with Crippen LogP contribution in [0.5, 0.6) is 0 Å². The number of benzene rings is 1. The van der Waals surface area contributed by atoms with Crippen LogP contribution in [-0.4, -0.2) is 36.0 Å². The van der Waals surface area contributed by atoms with Crippen molar-refractivity contribution in [3.8, 4) is 0 Å². The van der Waals surface area contributed by atoms with Crippen LogP contribution in [0.4, 0.5) is 8.78 Å². The van der Waals surface area contributed by atoms with Crippen molar-refractivity contribution in [1.29, 1.82) is 0 Å². The monoisotopic (exact) mass is 397 g/mol. The summed E-state index contributed by atoms with van der Waals surface area (Å²) in [6.07, 6.45) is 4.33. The first-order valence-corrected chi connectivity index (χ1v) is 10.8. The Morgan fingerprint density at radius 3 is 2.59 bits per heavy atom. The number of nitrogens with zero attached hydrogens (tertiary/aromatic N) is 3. The summed E-state index contributed by atoms with van der Waals surface area (Å²) in [7, 11) is -3.66. The van der Waals surface area contributed by atoms with Gasteiger partial charge >= 0.3 is 0 Å². The van der Waals surface area contributed by atoms with Crippen molar-refractivity contribution in [2.24, 2.45) is 5.92 Å². The highest BCUT2D eigenvalue weighted by Crippen LogP contribution is 2.38. The molecular weight excluding hydrogens is 376 g/mol. The fourth-order valence-corrected chi connectivity index (χ4v) is 5.16. The summed E-state index contributed by atoms with van der Waals surface area (Å²) in [5, 5.41) is 3.99. The van der Waals surface area contributed by atoms with Crippen LogP contribution in [0.2, 0.25) is 0 Å². The van der Waals surface area contributed by atoms with Crippen LogP contribution in [0.15, 0.2) is 22.7 Å². The molecule has 2 aromatic rings. The molecule has 0 spiro atoms. The molecule has 1 atom stereocenters. The van der Waals surface area contributed by atoms with Gasteiger partial charge in [-0.2, -0.15) is 4.98 Å². The van der Waals surface area contributed by atoms with Gasteiger partial charge in [-0.05, 0) is 49.3 Å². The number of rotatable bonds is 6. The van der Waals surface area contributed by atoms with Gasteiger partial charge in [0.15, 0.2) is 5.82 Å². The number of hydrogen-bond donors (Lipinski definition) is 0. The standard InChI is InChI=1S/C18H21F2N3O3S/c19-15-6-13(7-16(20)9-15)11-27(24,25)23-5-1-2-12(10-23)8-17-21-18(22-26-17)14-3-4-14/h6-7,9,12,14H,1-5,8,10-11H2. The first kappa shape index (κ1) is 18.5. The maximum absolute atomic E-state index is 13.3. The minimum atomic E-state index is -3.66. The van der Waals surface area contributed by atoms with E-state index in [0.29, 0.717) is 31.3 Å². The van der Waals surface area contributed by atoms with E-state index in [-0.39, 0.29) is 11.5 Å². The summed E-state index contributed by atoms with van der Waals surface area (Å²) in [4.78, 5) is 4.41. The molecular formula is C18H21F2N3O3S. The molecule has 1 unspecified atom stereocenters. The molecule has 0 N–H and O–H groups in total. The molecule has 2 heterocycles. The van der Waals surface area contributed by atoms with E-state index >= 15 is 0 Å². The average molecular weight is 397 g/mol. The number of sulfonamides is 1. The Labute approximate surface area is 156 Å². The summed E-state index contributed by atoms with van der Waals surface area (Å²) in [5.74, 6) is -0.172. The van der Waals surface area contributed by atoms with Crippen molar-refractivity contribution < 1.29 is 21.7 Å². The smallest absolute Gasteiger partial charge is 0.226 e. The second-order valence-corrected chi connectivity index (χ2v) is 9.39. The molecule has 1 aromatic carbocycles. The summed E-state index contributed by atoms with van der Waals surface area (Å²) in [6.45, 7) is 0.759. The summed E-state index contributed by atoms with van der Waals surface area (Å²) >= 11 is 0. The highest BCUT2D eigenvalue weighted by Gasteiger charge is 2.32. The van der Waals surface area contributed by atoms with E-state index in [1.165, 1.54) is 4.31 Å². The SMILES string of the molecule is O=S(=O)(Cc1cc(F)cc(F)c1)N1CCCC(Cc2nc(C3CC3)no2)C1. The topological polar surface area (TPSA) is 76.3 Å². The molecule has 2 fully saturated rings. The Kier molecular flexibility index (Phi) is 4.98. The largest absolute Gasteiger partial charge is 0.339 e. The maximum atomic E-state index is 13.3. The Morgan fingerprint density at radius 1 is 1.15 bits per heavy atom. The van der Waals surface area contributed by atoms with E-state index in [4.69, 9.17) is 4.52 Å². The Bertz CT molecular complexity index is 907. The van der Waals surface area contributed by atoms with Crippen LogP contribution in [0.1, 0.15) is 48.9 Å². The third-order valence-corrected chi connectivity index (χ3v) is 6.85. The molecule has 1 saturated heterocycles. The molecule has 9 heteroatoms. The Hall–Kier alpha value is -1.87. The van der Waals surface area contributed by atoms with E-state index in [1.54, 1.807) is 0 Å². The van der Waals surface area contributed by atoms with Crippen LogP contribution in [0, 0.1) is 17.6 Å². The van der Waals surface area contributed by atoms with Crippen molar-refractivity contribution >= 4 is 10.0 Å². The van der Waals surface area contributed by atoms with Gasteiger partial charge in [-0.1, -0.05) is 5.16 Å². The molecule has 4 rings (SSSR count). The highest BCUT2D eigenvalue weighted by molar-refractivity contribution is 7.88. The lowest BCUT2D eigenvalue weighted by Gasteiger charge is -2.31. The van der Waals surface area contributed by atoms with Crippen molar-refractivity contribution in [2.45, 2.75) is 43.8 Å². The fraction of sp³-hybridized carbons (Fsp3) is 0.556. The quantitative estimate of drug-likeness (QED) is 0.749. The van der Waals surface area contributed by atoms with E-state index in [2.05, 4.69) is 10.1 Å². The molecule has 1 saturated carbocycles. The molecule has 0 radical (unpaired) electrons. The zero-order valence-corrected chi connectivity index (χ0v) is 15.6. The van der Waals surface area contributed by atoms with E-state index in [0.717, 1.165) is 49.7 Å². The molecule has 1 aliphatic heterocycles. The van der Waals surface area contributed by atoms with Gasteiger partial charge in [-0.3, -0.25) is 0 Å². The molecule has 1 aromatic heterocycles. The molecule has 146 valence electrons. The average Bonchev–Trinajstić information content (AvgIpc) is 3.34.